The van der Waals surface area contributed by atoms with E-state index in [1.807, 2.05) is 66.7 Å². The largest absolute Gasteiger partial charge is 0.497 e. The number of rotatable bonds is 7. The predicted octanol–water partition coefficient (Wildman–Crippen LogP) is 5.11. The van der Waals surface area contributed by atoms with Crippen LogP contribution in [-0.2, 0) is 11.3 Å². The number of ether oxygens (including phenoxy) is 2. The first-order valence-electron chi connectivity index (χ1n) is 9.12. The van der Waals surface area contributed by atoms with Crippen molar-refractivity contribution in [1.82, 2.24) is 5.32 Å². The maximum absolute atomic E-state index is 12.6. The van der Waals surface area contributed by atoms with Gasteiger partial charge in [-0.15, -0.1) is 0 Å². The Balaban J connectivity index is 1.86. The van der Waals surface area contributed by atoms with Crippen LogP contribution in [0, 0.1) is 0 Å². The molecule has 0 radical (unpaired) electrons. The second-order valence-corrected chi connectivity index (χ2v) is 6.80. The Morgan fingerprint density at radius 2 is 1.45 bits per heavy atom. The van der Waals surface area contributed by atoms with Crippen LogP contribution in [0.3, 0.4) is 0 Å². The zero-order valence-electron chi connectivity index (χ0n) is 16.3. The Hall–Kier alpha value is -3.24. The molecule has 3 rings (SSSR count). The highest BCUT2D eigenvalue weighted by atomic mass is 35.5. The summed E-state index contributed by atoms with van der Waals surface area (Å²) < 4.78 is 10.5. The minimum Gasteiger partial charge on any atom is -0.497 e. The average Bonchev–Trinajstić information content (AvgIpc) is 2.76. The van der Waals surface area contributed by atoms with Gasteiger partial charge in [-0.3, -0.25) is 4.79 Å². The van der Waals surface area contributed by atoms with Crippen LogP contribution in [0.2, 0.25) is 5.02 Å². The SMILES string of the molecule is COc1ccc(C(=CC(=O)NCc2cccc(Cl)c2)c2ccc(OC)cc2)cc1. The van der Waals surface area contributed by atoms with Crippen molar-refractivity contribution in [2.75, 3.05) is 14.2 Å². The molecule has 0 aliphatic rings. The Morgan fingerprint density at radius 1 is 0.897 bits per heavy atom. The zero-order valence-corrected chi connectivity index (χ0v) is 17.1. The van der Waals surface area contributed by atoms with Gasteiger partial charge in [0.05, 0.1) is 14.2 Å². The molecule has 1 N–H and O–H groups in total. The van der Waals surface area contributed by atoms with Crippen molar-refractivity contribution in [3.8, 4) is 11.5 Å². The molecule has 0 fully saturated rings. The fourth-order valence-electron chi connectivity index (χ4n) is 2.89. The maximum Gasteiger partial charge on any atom is 0.244 e. The molecule has 0 unspecified atom stereocenters. The molecule has 0 saturated carbocycles. The zero-order chi connectivity index (χ0) is 20.6. The molecule has 0 aliphatic heterocycles. The van der Waals surface area contributed by atoms with Crippen LogP contribution >= 0.6 is 11.6 Å². The van der Waals surface area contributed by atoms with Crippen molar-refractivity contribution in [1.29, 1.82) is 0 Å². The summed E-state index contributed by atoms with van der Waals surface area (Å²) in [5, 5.41) is 3.56. The van der Waals surface area contributed by atoms with Gasteiger partial charge in [0, 0.05) is 17.6 Å². The third kappa shape index (κ3) is 5.62. The van der Waals surface area contributed by atoms with E-state index in [0.29, 0.717) is 11.6 Å². The lowest BCUT2D eigenvalue weighted by Crippen LogP contribution is -2.20. The molecule has 4 nitrogen and oxygen atoms in total. The number of carbonyl (C=O) groups is 1. The summed E-state index contributed by atoms with van der Waals surface area (Å²) in [7, 11) is 3.25. The predicted molar refractivity (Wildman–Crippen MR) is 116 cm³/mol. The lowest BCUT2D eigenvalue weighted by molar-refractivity contribution is -0.116. The highest BCUT2D eigenvalue weighted by Gasteiger charge is 2.09. The molecule has 3 aromatic carbocycles. The van der Waals surface area contributed by atoms with E-state index in [1.54, 1.807) is 26.4 Å². The second-order valence-electron chi connectivity index (χ2n) is 6.36. The van der Waals surface area contributed by atoms with Crippen molar-refractivity contribution in [3.05, 3.63) is 101 Å². The Labute approximate surface area is 175 Å². The van der Waals surface area contributed by atoms with Crippen LogP contribution in [0.5, 0.6) is 11.5 Å². The number of nitrogens with one attached hydrogen (secondary N) is 1. The van der Waals surface area contributed by atoms with E-state index in [1.165, 1.54) is 0 Å². The maximum atomic E-state index is 12.6. The molecule has 148 valence electrons. The van der Waals surface area contributed by atoms with E-state index in [9.17, 15) is 4.79 Å². The number of halogens is 1. The summed E-state index contributed by atoms with van der Waals surface area (Å²) in [6.45, 7) is 0.397. The van der Waals surface area contributed by atoms with E-state index in [4.69, 9.17) is 21.1 Å². The third-order valence-corrected chi connectivity index (χ3v) is 4.67. The van der Waals surface area contributed by atoms with E-state index >= 15 is 0 Å². The van der Waals surface area contributed by atoms with Gasteiger partial charge < -0.3 is 14.8 Å². The van der Waals surface area contributed by atoms with Crippen LogP contribution in [0.4, 0.5) is 0 Å². The van der Waals surface area contributed by atoms with E-state index in [-0.39, 0.29) is 5.91 Å². The summed E-state index contributed by atoms with van der Waals surface area (Å²) in [5.41, 5.74) is 3.57. The van der Waals surface area contributed by atoms with Crippen molar-refractivity contribution in [2.24, 2.45) is 0 Å². The van der Waals surface area contributed by atoms with Crippen LogP contribution in [0.1, 0.15) is 16.7 Å². The van der Waals surface area contributed by atoms with Gasteiger partial charge in [0.15, 0.2) is 0 Å². The van der Waals surface area contributed by atoms with Crippen molar-refractivity contribution < 1.29 is 14.3 Å². The monoisotopic (exact) mass is 407 g/mol. The van der Waals surface area contributed by atoms with Gasteiger partial charge in [0.2, 0.25) is 5.91 Å². The quantitative estimate of drug-likeness (QED) is 0.554. The van der Waals surface area contributed by atoms with Crippen LogP contribution in [0.15, 0.2) is 78.9 Å². The second kappa shape index (κ2) is 9.80. The van der Waals surface area contributed by atoms with Crippen molar-refractivity contribution in [3.63, 3.8) is 0 Å². The minimum absolute atomic E-state index is 0.188. The Bertz CT molecular complexity index is 946. The Morgan fingerprint density at radius 3 is 1.93 bits per heavy atom. The standard InChI is InChI=1S/C24H22ClNO3/c1-28-21-10-6-18(7-11-21)23(19-8-12-22(29-2)13-9-19)15-24(27)26-16-17-4-3-5-20(25)14-17/h3-15H,16H2,1-2H3,(H,26,27). The van der Waals surface area contributed by atoms with Crippen LogP contribution < -0.4 is 14.8 Å². The molecule has 0 heterocycles. The average molecular weight is 408 g/mol. The third-order valence-electron chi connectivity index (χ3n) is 4.43. The number of amides is 1. The summed E-state index contributed by atoms with van der Waals surface area (Å²) in [4.78, 5) is 12.6. The molecule has 0 aromatic heterocycles. The van der Waals surface area contributed by atoms with Crippen molar-refractivity contribution >= 4 is 23.1 Å². The number of benzene rings is 3. The molecule has 1 amide bonds. The lowest BCUT2D eigenvalue weighted by atomic mass is 9.97. The van der Waals surface area contributed by atoms with Gasteiger partial charge >= 0.3 is 0 Å². The molecule has 29 heavy (non-hydrogen) atoms. The van der Waals surface area contributed by atoms with Crippen LogP contribution in [0.25, 0.3) is 5.57 Å². The summed E-state index contributed by atoms with van der Waals surface area (Å²) in [6.07, 6.45) is 1.61. The molecule has 3 aromatic rings. The van der Waals surface area contributed by atoms with Gasteiger partial charge in [-0.1, -0.05) is 48.0 Å². The van der Waals surface area contributed by atoms with E-state index < -0.39 is 0 Å². The van der Waals surface area contributed by atoms with Gasteiger partial charge in [-0.05, 0) is 58.7 Å². The fourth-order valence-corrected chi connectivity index (χ4v) is 3.11. The topological polar surface area (TPSA) is 47.6 Å². The highest BCUT2D eigenvalue weighted by Crippen LogP contribution is 2.27. The lowest BCUT2D eigenvalue weighted by Gasteiger charge is -2.11. The normalized spacial score (nSPS) is 10.2. The van der Waals surface area contributed by atoms with Gasteiger partial charge in [0.1, 0.15) is 11.5 Å². The molecule has 0 atom stereocenters. The molecular formula is C24H22ClNO3. The fraction of sp³-hybridized carbons (Fsp3) is 0.125. The summed E-state index contributed by atoms with van der Waals surface area (Å²) in [6, 6.07) is 22.6. The molecule has 0 aliphatic carbocycles. The first kappa shape index (κ1) is 20.5. The summed E-state index contributed by atoms with van der Waals surface area (Å²) in [5.74, 6) is 1.33. The van der Waals surface area contributed by atoms with Crippen LogP contribution in [-0.4, -0.2) is 20.1 Å². The number of methoxy groups -OCH3 is 2. The molecule has 5 heteroatoms. The van der Waals surface area contributed by atoms with Gasteiger partial charge in [0.25, 0.3) is 0 Å². The van der Waals surface area contributed by atoms with Crippen molar-refractivity contribution in [2.45, 2.75) is 6.54 Å². The number of carbonyl (C=O) groups excluding carboxylic acids is 1. The van der Waals surface area contributed by atoms with E-state index in [2.05, 4.69) is 5.32 Å². The molecule has 0 saturated heterocycles. The highest BCUT2D eigenvalue weighted by molar-refractivity contribution is 6.30. The Kier molecular flexibility index (Phi) is 6.93. The first-order chi connectivity index (χ1) is 14.1. The molecule has 0 spiro atoms. The number of hydrogen-bond donors (Lipinski definition) is 1. The van der Waals surface area contributed by atoms with Gasteiger partial charge in [-0.25, -0.2) is 0 Å². The molecular weight excluding hydrogens is 386 g/mol. The minimum atomic E-state index is -0.188. The summed E-state index contributed by atoms with van der Waals surface area (Å²) >= 11 is 6.01. The first-order valence-corrected chi connectivity index (χ1v) is 9.49. The number of hydrogen-bond acceptors (Lipinski definition) is 3. The van der Waals surface area contributed by atoms with E-state index in [0.717, 1.165) is 33.8 Å². The molecule has 0 bridgehead atoms. The van der Waals surface area contributed by atoms with Gasteiger partial charge in [-0.2, -0.15) is 0 Å². The smallest absolute Gasteiger partial charge is 0.244 e.